The number of aliphatic hydroxyl groups excluding tert-OH is 1. The van der Waals surface area contributed by atoms with Gasteiger partial charge < -0.3 is 10.4 Å². The van der Waals surface area contributed by atoms with E-state index < -0.39 is 0 Å². The van der Waals surface area contributed by atoms with Gasteiger partial charge in [-0.2, -0.15) is 11.8 Å². The van der Waals surface area contributed by atoms with Gasteiger partial charge in [0, 0.05) is 18.1 Å². The van der Waals surface area contributed by atoms with Crippen molar-refractivity contribution in [1.29, 1.82) is 0 Å². The normalized spacial score (nSPS) is 17.6. The Balaban J connectivity index is 1.98. The van der Waals surface area contributed by atoms with Gasteiger partial charge in [0.2, 0.25) is 5.91 Å². The number of amides is 1. The van der Waals surface area contributed by atoms with Crippen LogP contribution in [-0.4, -0.2) is 34.1 Å². The van der Waals surface area contributed by atoms with Crippen LogP contribution < -0.4 is 5.32 Å². The standard InChI is InChI=1S/C14H16N2O2S/c17-8-2-1-4-12-5-3-6-13(15-12)16-14(18)11-7-9-19-10-11/h3,5-6,11,17H,2,7-10H2,(H,15,16,18). The van der Waals surface area contributed by atoms with Crippen LogP contribution in [0.4, 0.5) is 5.82 Å². The molecule has 0 bridgehead atoms. The Morgan fingerprint density at radius 1 is 1.58 bits per heavy atom. The largest absolute Gasteiger partial charge is 0.395 e. The van der Waals surface area contributed by atoms with E-state index in [4.69, 9.17) is 5.11 Å². The minimum atomic E-state index is 0.0398. The predicted molar refractivity (Wildman–Crippen MR) is 76.9 cm³/mol. The van der Waals surface area contributed by atoms with Crippen LogP contribution in [-0.2, 0) is 4.79 Å². The van der Waals surface area contributed by atoms with Crippen LogP contribution in [0.2, 0.25) is 0 Å². The monoisotopic (exact) mass is 276 g/mol. The van der Waals surface area contributed by atoms with E-state index in [1.165, 1.54) is 0 Å². The van der Waals surface area contributed by atoms with Crippen molar-refractivity contribution >= 4 is 23.5 Å². The van der Waals surface area contributed by atoms with Gasteiger partial charge in [-0.1, -0.05) is 12.0 Å². The number of hydrogen-bond acceptors (Lipinski definition) is 4. The summed E-state index contributed by atoms with van der Waals surface area (Å²) >= 11 is 1.81. The topological polar surface area (TPSA) is 62.2 Å². The van der Waals surface area contributed by atoms with Crippen LogP contribution >= 0.6 is 11.8 Å². The zero-order valence-corrected chi connectivity index (χ0v) is 11.4. The summed E-state index contributed by atoms with van der Waals surface area (Å²) in [6.45, 7) is 0.0444. The Morgan fingerprint density at radius 3 is 3.21 bits per heavy atom. The number of hydrogen-bond donors (Lipinski definition) is 2. The van der Waals surface area contributed by atoms with Crippen LogP contribution in [0.25, 0.3) is 0 Å². The highest BCUT2D eigenvalue weighted by atomic mass is 32.2. The molecule has 1 aliphatic rings. The van der Waals surface area contributed by atoms with Crippen LogP contribution in [0.15, 0.2) is 18.2 Å². The first-order chi connectivity index (χ1) is 9.29. The lowest BCUT2D eigenvalue weighted by Crippen LogP contribution is -2.22. The van der Waals surface area contributed by atoms with Crippen LogP contribution in [0.5, 0.6) is 0 Å². The van der Waals surface area contributed by atoms with Gasteiger partial charge in [0.1, 0.15) is 11.5 Å². The van der Waals surface area contributed by atoms with Gasteiger partial charge in [-0.05, 0) is 30.2 Å². The summed E-state index contributed by atoms with van der Waals surface area (Å²) in [5.74, 6) is 8.28. The first-order valence-corrected chi connectivity index (χ1v) is 7.40. The molecule has 5 heteroatoms. The van der Waals surface area contributed by atoms with Crippen molar-refractivity contribution in [3.05, 3.63) is 23.9 Å². The molecule has 100 valence electrons. The fourth-order valence-corrected chi connectivity index (χ4v) is 2.97. The van der Waals surface area contributed by atoms with Crippen molar-refractivity contribution < 1.29 is 9.90 Å². The second-order valence-corrected chi connectivity index (χ2v) is 5.38. The van der Waals surface area contributed by atoms with E-state index in [1.807, 2.05) is 17.8 Å². The number of nitrogens with zero attached hydrogens (tertiary/aromatic N) is 1. The maximum atomic E-state index is 12.0. The van der Waals surface area contributed by atoms with Gasteiger partial charge in [-0.25, -0.2) is 4.98 Å². The molecule has 1 aromatic heterocycles. The Kier molecular flexibility index (Phi) is 5.25. The van der Waals surface area contributed by atoms with E-state index in [9.17, 15) is 4.79 Å². The lowest BCUT2D eigenvalue weighted by atomic mass is 10.1. The quantitative estimate of drug-likeness (QED) is 0.821. The summed E-state index contributed by atoms with van der Waals surface area (Å²) in [5, 5.41) is 11.5. The van der Waals surface area contributed by atoms with Crippen molar-refractivity contribution in [1.82, 2.24) is 4.98 Å². The molecule has 1 atom stereocenters. The smallest absolute Gasteiger partial charge is 0.229 e. The molecule has 1 unspecified atom stereocenters. The van der Waals surface area contributed by atoms with E-state index in [0.717, 1.165) is 17.9 Å². The molecule has 0 spiro atoms. The Hall–Kier alpha value is -1.51. The summed E-state index contributed by atoms with van der Waals surface area (Å²) in [4.78, 5) is 16.2. The maximum Gasteiger partial charge on any atom is 0.229 e. The molecule has 0 aliphatic carbocycles. The summed E-state index contributed by atoms with van der Waals surface area (Å²) in [7, 11) is 0. The summed E-state index contributed by atoms with van der Waals surface area (Å²) in [6, 6.07) is 5.36. The van der Waals surface area contributed by atoms with Crippen molar-refractivity contribution in [3.8, 4) is 11.8 Å². The number of carbonyl (C=O) groups is 1. The van der Waals surface area contributed by atoms with Crippen molar-refractivity contribution in [2.45, 2.75) is 12.8 Å². The SMILES string of the molecule is O=C(Nc1cccc(C#CCCO)n1)C1CCSC1. The first-order valence-electron chi connectivity index (χ1n) is 6.25. The number of nitrogens with one attached hydrogen (secondary N) is 1. The molecule has 1 aromatic rings. The van der Waals surface area contributed by atoms with E-state index in [2.05, 4.69) is 22.1 Å². The van der Waals surface area contributed by atoms with Crippen molar-refractivity contribution in [2.24, 2.45) is 5.92 Å². The molecule has 1 saturated heterocycles. The molecule has 0 radical (unpaired) electrons. The predicted octanol–water partition coefficient (Wildman–Crippen LogP) is 1.51. The lowest BCUT2D eigenvalue weighted by Gasteiger charge is -2.08. The molecule has 1 fully saturated rings. The van der Waals surface area contributed by atoms with Gasteiger partial charge in [-0.15, -0.1) is 0 Å². The van der Waals surface area contributed by atoms with E-state index in [-0.39, 0.29) is 18.4 Å². The highest BCUT2D eigenvalue weighted by Crippen LogP contribution is 2.24. The fourth-order valence-electron chi connectivity index (χ4n) is 1.75. The van der Waals surface area contributed by atoms with Crippen LogP contribution in [0, 0.1) is 17.8 Å². The first kappa shape index (κ1) is 13.9. The van der Waals surface area contributed by atoms with Crippen LogP contribution in [0.1, 0.15) is 18.5 Å². The highest BCUT2D eigenvalue weighted by Gasteiger charge is 2.23. The molecule has 2 N–H and O–H groups in total. The van der Waals surface area contributed by atoms with E-state index >= 15 is 0 Å². The molecule has 2 heterocycles. The Bertz CT molecular complexity index is 502. The average molecular weight is 276 g/mol. The number of aromatic nitrogens is 1. The molecule has 1 aliphatic heterocycles. The maximum absolute atomic E-state index is 12.0. The molecule has 2 rings (SSSR count). The number of thioether (sulfide) groups is 1. The van der Waals surface area contributed by atoms with Gasteiger partial charge >= 0.3 is 0 Å². The third-order valence-electron chi connectivity index (χ3n) is 2.75. The fraction of sp³-hybridized carbons (Fsp3) is 0.429. The number of carbonyl (C=O) groups excluding carboxylic acids is 1. The Labute approximate surface area is 117 Å². The molecule has 0 saturated carbocycles. The average Bonchev–Trinajstić information content (AvgIpc) is 2.93. The van der Waals surface area contributed by atoms with E-state index in [0.29, 0.717) is 17.9 Å². The number of aliphatic hydroxyl groups is 1. The third-order valence-corrected chi connectivity index (χ3v) is 3.92. The number of anilines is 1. The van der Waals surface area contributed by atoms with E-state index in [1.54, 1.807) is 12.1 Å². The zero-order valence-electron chi connectivity index (χ0n) is 10.6. The molecular weight excluding hydrogens is 260 g/mol. The molecule has 4 nitrogen and oxygen atoms in total. The number of rotatable bonds is 3. The third kappa shape index (κ3) is 4.27. The second kappa shape index (κ2) is 7.17. The molecule has 0 aromatic carbocycles. The van der Waals surface area contributed by atoms with Gasteiger partial charge in [0.05, 0.1) is 6.61 Å². The summed E-state index contributed by atoms with van der Waals surface area (Å²) in [5.41, 5.74) is 0.604. The van der Waals surface area contributed by atoms with Gasteiger partial charge in [0.25, 0.3) is 0 Å². The summed E-state index contributed by atoms with van der Waals surface area (Å²) < 4.78 is 0. The minimum absolute atomic E-state index is 0.0398. The van der Waals surface area contributed by atoms with Crippen LogP contribution in [0.3, 0.4) is 0 Å². The lowest BCUT2D eigenvalue weighted by molar-refractivity contribution is -0.119. The van der Waals surface area contributed by atoms with Crippen molar-refractivity contribution in [3.63, 3.8) is 0 Å². The minimum Gasteiger partial charge on any atom is -0.395 e. The number of pyridine rings is 1. The van der Waals surface area contributed by atoms with Gasteiger partial charge in [-0.3, -0.25) is 4.79 Å². The zero-order chi connectivity index (χ0) is 13.5. The van der Waals surface area contributed by atoms with Crippen molar-refractivity contribution in [2.75, 3.05) is 23.4 Å². The van der Waals surface area contributed by atoms with Gasteiger partial charge in [0.15, 0.2) is 0 Å². The molecular formula is C14H16N2O2S. The second-order valence-electron chi connectivity index (χ2n) is 4.23. The summed E-state index contributed by atoms with van der Waals surface area (Å²) in [6.07, 6.45) is 1.37. The highest BCUT2D eigenvalue weighted by molar-refractivity contribution is 7.99. The molecule has 1 amide bonds. The molecule has 19 heavy (non-hydrogen) atoms. The Morgan fingerprint density at radius 2 is 2.47 bits per heavy atom.